The van der Waals surface area contributed by atoms with Gasteiger partial charge >= 0.3 is 0 Å². The van der Waals surface area contributed by atoms with Crippen molar-refractivity contribution in [2.75, 3.05) is 39.3 Å². The van der Waals surface area contributed by atoms with Gasteiger partial charge in [0.1, 0.15) is 12.4 Å². The second-order valence-electron chi connectivity index (χ2n) is 6.23. The van der Waals surface area contributed by atoms with Crippen LogP contribution >= 0.6 is 0 Å². The van der Waals surface area contributed by atoms with E-state index in [1.165, 1.54) is 12.1 Å². The number of likely N-dealkylation sites (tertiary alicyclic amines) is 1. The van der Waals surface area contributed by atoms with E-state index in [1.807, 2.05) is 18.7 Å². The summed E-state index contributed by atoms with van der Waals surface area (Å²) in [7, 11) is 0. The van der Waals surface area contributed by atoms with E-state index in [4.69, 9.17) is 4.74 Å². The number of amides is 1. The fourth-order valence-corrected chi connectivity index (χ4v) is 3.18. The van der Waals surface area contributed by atoms with Crippen molar-refractivity contribution in [3.05, 3.63) is 34.4 Å². The molecular weight excluding hydrogens is 322 g/mol. The Bertz CT molecular complexity index is 581. The first kappa shape index (κ1) is 19.2. The van der Waals surface area contributed by atoms with Crippen molar-refractivity contribution in [1.29, 1.82) is 0 Å². The molecule has 1 amide bonds. The predicted molar refractivity (Wildman–Crippen MR) is 95.7 cm³/mol. The summed E-state index contributed by atoms with van der Waals surface area (Å²) in [6, 6.07) is 6.24. The number of piperidine rings is 1. The van der Waals surface area contributed by atoms with Crippen molar-refractivity contribution in [3.63, 3.8) is 0 Å². The first-order valence-electron chi connectivity index (χ1n) is 8.93. The summed E-state index contributed by atoms with van der Waals surface area (Å²) in [5, 5.41) is 10.8. The Hall–Kier alpha value is -2.15. The number of rotatable bonds is 8. The number of nitrogens with zero attached hydrogens (tertiary/aromatic N) is 3. The topological polar surface area (TPSA) is 75.9 Å². The summed E-state index contributed by atoms with van der Waals surface area (Å²) < 4.78 is 5.63. The second-order valence-corrected chi connectivity index (χ2v) is 6.23. The molecule has 7 nitrogen and oxygen atoms in total. The molecule has 0 atom stereocenters. The highest BCUT2D eigenvalue weighted by Crippen LogP contribution is 2.21. The van der Waals surface area contributed by atoms with E-state index in [2.05, 4.69) is 4.90 Å². The third-order valence-electron chi connectivity index (χ3n) is 4.72. The number of carbonyl (C=O) groups is 1. The summed E-state index contributed by atoms with van der Waals surface area (Å²) in [6.07, 6.45) is 1.76. The van der Waals surface area contributed by atoms with Crippen LogP contribution in [0.2, 0.25) is 0 Å². The molecule has 0 N–H and O–H groups in total. The van der Waals surface area contributed by atoms with Crippen LogP contribution in [-0.4, -0.2) is 60.0 Å². The number of ether oxygens (including phenoxy) is 1. The van der Waals surface area contributed by atoms with E-state index in [0.29, 0.717) is 12.4 Å². The number of carbonyl (C=O) groups excluding carboxylic acids is 1. The van der Waals surface area contributed by atoms with Gasteiger partial charge in [0.25, 0.3) is 5.69 Å². The fourth-order valence-electron chi connectivity index (χ4n) is 3.18. The largest absolute Gasteiger partial charge is 0.492 e. The van der Waals surface area contributed by atoms with Crippen molar-refractivity contribution in [1.82, 2.24) is 9.80 Å². The smallest absolute Gasteiger partial charge is 0.273 e. The van der Waals surface area contributed by atoms with Crippen molar-refractivity contribution in [3.8, 4) is 5.75 Å². The zero-order chi connectivity index (χ0) is 18.2. The van der Waals surface area contributed by atoms with E-state index in [-0.39, 0.29) is 17.5 Å². The molecule has 0 saturated carbocycles. The lowest BCUT2D eigenvalue weighted by molar-refractivity contribution is -0.384. The number of hydrogen-bond donors (Lipinski definition) is 0. The zero-order valence-corrected chi connectivity index (χ0v) is 15.0. The van der Waals surface area contributed by atoms with Gasteiger partial charge in [0.2, 0.25) is 5.91 Å². The average Bonchev–Trinajstić information content (AvgIpc) is 2.63. The quantitative estimate of drug-likeness (QED) is 0.532. The number of non-ortho nitro benzene ring substituents is 1. The molecule has 25 heavy (non-hydrogen) atoms. The predicted octanol–water partition coefficient (Wildman–Crippen LogP) is 2.55. The van der Waals surface area contributed by atoms with Gasteiger partial charge in [-0.1, -0.05) is 6.07 Å². The third-order valence-corrected chi connectivity index (χ3v) is 4.72. The normalized spacial score (nSPS) is 15.8. The molecule has 0 unspecified atom stereocenters. The molecule has 1 aliphatic rings. The van der Waals surface area contributed by atoms with E-state index < -0.39 is 4.92 Å². The molecule has 1 aromatic rings. The maximum atomic E-state index is 12.4. The molecule has 138 valence electrons. The second kappa shape index (κ2) is 9.36. The Morgan fingerprint density at radius 1 is 1.32 bits per heavy atom. The van der Waals surface area contributed by atoms with Gasteiger partial charge in [-0.25, -0.2) is 0 Å². The van der Waals surface area contributed by atoms with Gasteiger partial charge in [-0.3, -0.25) is 19.8 Å². The number of nitro groups is 1. The Labute approximate surface area is 148 Å². The molecule has 2 rings (SSSR count). The minimum atomic E-state index is -0.426. The molecule has 0 spiro atoms. The van der Waals surface area contributed by atoms with Crippen LogP contribution in [-0.2, 0) is 4.79 Å². The van der Waals surface area contributed by atoms with Crippen molar-refractivity contribution >= 4 is 11.6 Å². The lowest BCUT2D eigenvalue weighted by atomic mass is 9.95. The van der Waals surface area contributed by atoms with Crippen molar-refractivity contribution < 1.29 is 14.5 Å². The van der Waals surface area contributed by atoms with Crippen molar-refractivity contribution in [2.24, 2.45) is 5.92 Å². The molecule has 0 aromatic heterocycles. The molecule has 1 saturated heterocycles. The van der Waals surface area contributed by atoms with Gasteiger partial charge < -0.3 is 9.64 Å². The van der Waals surface area contributed by atoms with Gasteiger partial charge in [0.05, 0.1) is 11.0 Å². The Morgan fingerprint density at radius 3 is 2.60 bits per heavy atom. The maximum Gasteiger partial charge on any atom is 0.273 e. The molecule has 1 heterocycles. The highest BCUT2D eigenvalue weighted by atomic mass is 16.6. The van der Waals surface area contributed by atoms with Crippen LogP contribution in [0.3, 0.4) is 0 Å². The Kier molecular flexibility index (Phi) is 7.18. The number of benzene rings is 1. The van der Waals surface area contributed by atoms with E-state index in [9.17, 15) is 14.9 Å². The number of nitro benzene ring substituents is 1. The third kappa shape index (κ3) is 5.42. The van der Waals surface area contributed by atoms with Crippen LogP contribution in [0.4, 0.5) is 5.69 Å². The Balaban J connectivity index is 1.73. The zero-order valence-electron chi connectivity index (χ0n) is 15.0. The molecule has 0 radical (unpaired) electrons. The maximum absolute atomic E-state index is 12.4. The minimum Gasteiger partial charge on any atom is -0.492 e. The minimum absolute atomic E-state index is 0.0354. The van der Waals surface area contributed by atoms with Crippen LogP contribution < -0.4 is 4.74 Å². The van der Waals surface area contributed by atoms with Crippen LogP contribution in [0, 0.1) is 16.0 Å². The van der Waals surface area contributed by atoms with Gasteiger partial charge in [-0.05, 0) is 45.8 Å². The van der Waals surface area contributed by atoms with E-state index in [0.717, 1.165) is 45.6 Å². The monoisotopic (exact) mass is 349 g/mol. The van der Waals surface area contributed by atoms with Crippen LogP contribution in [0.25, 0.3) is 0 Å². The van der Waals surface area contributed by atoms with Crippen LogP contribution in [0.1, 0.15) is 26.7 Å². The molecule has 7 heteroatoms. The highest BCUT2D eigenvalue weighted by Gasteiger charge is 2.27. The summed E-state index contributed by atoms with van der Waals surface area (Å²) in [6.45, 7) is 8.58. The lowest BCUT2D eigenvalue weighted by Crippen LogP contribution is -2.43. The summed E-state index contributed by atoms with van der Waals surface area (Å²) >= 11 is 0. The van der Waals surface area contributed by atoms with Gasteiger partial charge in [0, 0.05) is 31.6 Å². The van der Waals surface area contributed by atoms with Crippen molar-refractivity contribution in [2.45, 2.75) is 26.7 Å². The molecule has 0 bridgehead atoms. The molecule has 1 aliphatic heterocycles. The van der Waals surface area contributed by atoms with Gasteiger partial charge in [-0.15, -0.1) is 0 Å². The molecule has 1 aromatic carbocycles. The molecular formula is C18H27N3O4. The summed E-state index contributed by atoms with van der Waals surface area (Å²) in [5.41, 5.74) is 0.0354. The fraction of sp³-hybridized carbons (Fsp3) is 0.611. The standard InChI is InChI=1S/C18H27N3O4/c1-3-20(4-2)18(22)15-8-10-19(11-9-15)12-13-25-17-7-5-6-16(14-17)21(23)24/h5-7,14-15H,3-4,8-13H2,1-2H3. The summed E-state index contributed by atoms with van der Waals surface area (Å²) in [4.78, 5) is 26.9. The van der Waals surface area contributed by atoms with Crippen LogP contribution in [0.5, 0.6) is 5.75 Å². The highest BCUT2D eigenvalue weighted by molar-refractivity contribution is 5.78. The Morgan fingerprint density at radius 2 is 2.00 bits per heavy atom. The summed E-state index contributed by atoms with van der Waals surface area (Å²) in [5.74, 6) is 0.923. The van der Waals surface area contributed by atoms with E-state index >= 15 is 0 Å². The van der Waals surface area contributed by atoms with E-state index in [1.54, 1.807) is 12.1 Å². The number of hydrogen-bond acceptors (Lipinski definition) is 5. The van der Waals surface area contributed by atoms with Crippen LogP contribution in [0.15, 0.2) is 24.3 Å². The van der Waals surface area contributed by atoms with Gasteiger partial charge in [0.15, 0.2) is 0 Å². The lowest BCUT2D eigenvalue weighted by Gasteiger charge is -2.33. The molecule has 1 fully saturated rings. The first-order valence-corrected chi connectivity index (χ1v) is 8.93. The van der Waals surface area contributed by atoms with Gasteiger partial charge in [-0.2, -0.15) is 0 Å². The molecule has 0 aliphatic carbocycles. The average molecular weight is 349 g/mol. The SMILES string of the molecule is CCN(CC)C(=O)C1CCN(CCOc2cccc([N+](=O)[O-])c2)CC1. The first-order chi connectivity index (χ1) is 12.0.